The Morgan fingerprint density at radius 3 is 3.00 bits per heavy atom. The summed E-state index contributed by atoms with van der Waals surface area (Å²) >= 11 is 0. The van der Waals surface area contributed by atoms with E-state index in [1.165, 1.54) is 0 Å². The molecular formula is C13H24O4. The molecule has 3 atom stereocenters. The van der Waals surface area contributed by atoms with Crippen LogP contribution in [0.2, 0.25) is 0 Å². The van der Waals surface area contributed by atoms with Crippen molar-refractivity contribution < 1.29 is 19.7 Å². The van der Waals surface area contributed by atoms with Gasteiger partial charge in [-0.3, -0.25) is 0 Å². The molecule has 0 saturated carbocycles. The highest BCUT2D eigenvalue weighted by Crippen LogP contribution is 2.21. The fourth-order valence-corrected chi connectivity index (χ4v) is 2.07. The molecule has 0 spiro atoms. The molecule has 0 amide bonds. The molecule has 0 aromatic rings. The van der Waals surface area contributed by atoms with Gasteiger partial charge < -0.3 is 19.7 Å². The first-order valence-electron chi connectivity index (χ1n) is 6.41. The van der Waals surface area contributed by atoms with Crippen molar-refractivity contribution in [3.8, 4) is 0 Å². The summed E-state index contributed by atoms with van der Waals surface area (Å²) < 4.78 is 11.5. The number of ether oxygens (including phenoxy) is 2. The fourth-order valence-electron chi connectivity index (χ4n) is 2.07. The van der Waals surface area contributed by atoms with E-state index in [9.17, 15) is 5.11 Å². The van der Waals surface area contributed by atoms with Crippen molar-refractivity contribution in [2.24, 2.45) is 0 Å². The van der Waals surface area contributed by atoms with Crippen LogP contribution in [0.15, 0.2) is 12.7 Å². The van der Waals surface area contributed by atoms with Crippen LogP contribution in [0.3, 0.4) is 0 Å². The minimum atomic E-state index is -0.651. The van der Waals surface area contributed by atoms with Gasteiger partial charge in [-0.15, -0.1) is 6.58 Å². The van der Waals surface area contributed by atoms with Gasteiger partial charge in [0.25, 0.3) is 0 Å². The molecule has 0 bridgehead atoms. The van der Waals surface area contributed by atoms with E-state index in [-0.39, 0.29) is 18.8 Å². The zero-order valence-electron chi connectivity index (χ0n) is 10.4. The highest BCUT2D eigenvalue weighted by Gasteiger charge is 2.25. The molecule has 1 aliphatic rings. The van der Waals surface area contributed by atoms with E-state index in [0.29, 0.717) is 13.0 Å². The first kappa shape index (κ1) is 14.6. The Bertz CT molecular complexity index is 208. The molecule has 100 valence electrons. The molecule has 1 saturated heterocycles. The smallest absolute Gasteiger partial charge is 0.0841 e. The third-order valence-corrected chi connectivity index (χ3v) is 3.05. The Balaban J connectivity index is 2.40. The molecule has 0 radical (unpaired) electrons. The van der Waals surface area contributed by atoms with Crippen LogP contribution in [0.5, 0.6) is 0 Å². The molecule has 0 aromatic carbocycles. The van der Waals surface area contributed by atoms with Gasteiger partial charge in [0.2, 0.25) is 0 Å². The van der Waals surface area contributed by atoms with Crippen molar-refractivity contribution in [3.63, 3.8) is 0 Å². The number of aliphatic hydroxyl groups excluding tert-OH is 2. The lowest BCUT2D eigenvalue weighted by Gasteiger charge is -2.25. The number of hydrogen-bond acceptors (Lipinski definition) is 4. The van der Waals surface area contributed by atoms with Crippen LogP contribution in [0.1, 0.15) is 32.1 Å². The van der Waals surface area contributed by atoms with E-state index >= 15 is 0 Å². The fraction of sp³-hybridized carbons (Fsp3) is 0.846. The van der Waals surface area contributed by atoms with Crippen molar-refractivity contribution >= 4 is 0 Å². The quantitative estimate of drug-likeness (QED) is 0.662. The Labute approximate surface area is 103 Å². The van der Waals surface area contributed by atoms with Crippen LogP contribution in [0.4, 0.5) is 0 Å². The molecule has 1 rings (SSSR count). The molecule has 2 N–H and O–H groups in total. The molecule has 0 aromatic heterocycles. The van der Waals surface area contributed by atoms with E-state index in [1.807, 2.05) is 0 Å². The van der Waals surface area contributed by atoms with E-state index in [2.05, 4.69) is 6.58 Å². The third kappa shape index (κ3) is 5.64. The first-order chi connectivity index (χ1) is 8.27. The number of hydrogen-bond donors (Lipinski definition) is 2. The van der Waals surface area contributed by atoms with Gasteiger partial charge in [-0.1, -0.05) is 6.08 Å². The second-order valence-corrected chi connectivity index (χ2v) is 4.48. The summed E-state index contributed by atoms with van der Waals surface area (Å²) in [5.74, 6) is 0. The van der Waals surface area contributed by atoms with Crippen LogP contribution in [0.25, 0.3) is 0 Å². The summed E-state index contributed by atoms with van der Waals surface area (Å²) in [6, 6.07) is 0. The summed E-state index contributed by atoms with van der Waals surface area (Å²) in [7, 11) is 0. The normalized spacial score (nSPS) is 27.4. The van der Waals surface area contributed by atoms with Gasteiger partial charge in [-0.25, -0.2) is 0 Å². The number of aliphatic hydroxyl groups is 2. The van der Waals surface area contributed by atoms with Crippen molar-refractivity contribution in [1.29, 1.82) is 0 Å². The standard InChI is InChI=1S/C13H24O4/c1-2-8-16-12-5-3-4-9-17-13(12)7-6-11(15)10-14/h2,11-15H,1,3-10H2/t11?,12-,13+/m0/s1. The highest BCUT2D eigenvalue weighted by molar-refractivity contribution is 4.77. The summed E-state index contributed by atoms with van der Waals surface area (Å²) in [4.78, 5) is 0. The minimum absolute atomic E-state index is 0.0265. The van der Waals surface area contributed by atoms with E-state index < -0.39 is 6.10 Å². The van der Waals surface area contributed by atoms with Gasteiger partial charge in [0.05, 0.1) is 31.5 Å². The number of rotatable bonds is 7. The zero-order valence-corrected chi connectivity index (χ0v) is 10.4. The molecule has 1 aliphatic heterocycles. The lowest BCUT2D eigenvalue weighted by Crippen LogP contribution is -2.32. The van der Waals surface area contributed by atoms with Gasteiger partial charge in [0.1, 0.15) is 0 Å². The van der Waals surface area contributed by atoms with Gasteiger partial charge in [-0.05, 0) is 32.1 Å². The average molecular weight is 244 g/mol. The van der Waals surface area contributed by atoms with E-state index in [0.717, 1.165) is 32.3 Å². The highest BCUT2D eigenvalue weighted by atomic mass is 16.5. The SMILES string of the molecule is C=CCO[C@H]1CCCCO[C@@H]1CCC(O)CO. The maximum Gasteiger partial charge on any atom is 0.0841 e. The van der Waals surface area contributed by atoms with Gasteiger partial charge >= 0.3 is 0 Å². The summed E-state index contributed by atoms with van der Waals surface area (Å²) in [5.41, 5.74) is 0. The second-order valence-electron chi connectivity index (χ2n) is 4.48. The van der Waals surface area contributed by atoms with Gasteiger partial charge in [0.15, 0.2) is 0 Å². The van der Waals surface area contributed by atoms with Crippen LogP contribution >= 0.6 is 0 Å². The van der Waals surface area contributed by atoms with E-state index in [4.69, 9.17) is 14.6 Å². The molecule has 1 fully saturated rings. The lowest BCUT2D eigenvalue weighted by molar-refractivity contribution is -0.0652. The monoisotopic (exact) mass is 244 g/mol. The first-order valence-corrected chi connectivity index (χ1v) is 6.41. The van der Waals surface area contributed by atoms with Crippen molar-refractivity contribution in [3.05, 3.63) is 12.7 Å². The van der Waals surface area contributed by atoms with Crippen molar-refractivity contribution in [2.45, 2.75) is 50.4 Å². The second kappa shape index (κ2) is 8.64. The maximum absolute atomic E-state index is 9.36. The molecule has 4 nitrogen and oxygen atoms in total. The zero-order chi connectivity index (χ0) is 12.5. The molecule has 4 heteroatoms. The van der Waals surface area contributed by atoms with Crippen LogP contribution < -0.4 is 0 Å². The molecule has 0 aliphatic carbocycles. The Morgan fingerprint density at radius 1 is 1.47 bits per heavy atom. The summed E-state index contributed by atoms with van der Waals surface area (Å²) in [6.45, 7) is 4.75. The topological polar surface area (TPSA) is 58.9 Å². The predicted molar refractivity (Wildman–Crippen MR) is 65.9 cm³/mol. The average Bonchev–Trinajstić information content (AvgIpc) is 2.58. The largest absolute Gasteiger partial charge is 0.394 e. The Morgan fingerprint density at radius 2 is 2.29 bits per heavy atom. The van der Waals surface area contributed by atoms with Crippen molar-refractivity contribution in [1.82, 2.24) is 0 Å². The Hall–Kier alpha value is -0.420. The summed E-state index contributed by atoms with van der Waals surface area (Å²) in [5, 5.41) is 18.2. The predicted octanol–water partition coefficient (Wildman–Crippen LogP) is 1.26. The third-order valence-electron chi connectivity index (χ3n) is 3.05. The molecule has 1 unspecified atom stereocenters. The summed E-state index contributed by atoms with van der Waals surface area (Å²) in [6.07, 6.45) is 5.65. The molecule has 17 heavy (non-hydrogen) atoms. The van der Waals surface area contributed by atoms with Gasteiger partial charge in [-0.2, -0.15) is 0 Å². The maximum atomic E-state index is 9.36. The Kier molecular flexibility index (Phi) is 7.44. The van der Waals surface area contributed by atoms with Gasteiger partial charge in [0, 0.05) is 6.61 Å². The lowest BCUT2D eigenvalue weighted by atomic mass is 10.0. The van der Waals surface area contributed by atoms with Crippen LogP contribution in [-0.2, 0) is 9.47 Å². The van der Waals surface area contributed by atoms with Crippen LogP contribution in [-0.4, -0.2) is 48.3 Å². The van der Waals surface area contributed by atoms with E-state index in [1.54, 1.807) is 6.08 Å². The van der Waals surface area contributed by atoms with Crippen LogP contribution in [0, 0.1) is 0 Å². The molecule has 1 heterocycles. The molecular weight excluding hydrogens is 220 g/mol. The van der Waals surface area contributed by atoms with Crippen molar-refractivity contribution in [2.75, 3.05) is 19.8 Å². The minimum Gasteiger partial charge on any atom is -0.394 e.